The number of fused-ring (bicyclic) bond motifs is 1. The molecule has 2 aliphatic rings. The fourth-order valence-electron chi connectivity index (χ4n) is 5.07. The van der Waals surface area contributed by atoms with Crippen LogP contribution in [0.5, 0.6) is 0 Å². The fourth-order valence-corrected chi connectivity index (χ4v) is 5.07. The zero-order valence-corrected chi connectivity index (χ0v) is 17.9. The summed E-state index contributed by atoms with van der Waals surface area (Å²) in [6, 6.07) is 8.73. The maximum absolute atomic E-state index is 12.9. The van der Waals surface area contributed by atoms with E-state index in [4.69, 9.17) is 4.52 Å². The van der Waals surface area contributed by atoms with Crippen LogP contribution in [0.1, 0.15) is 76.7 Å². The molecule has 1 amide bonds. The third-order valence-electron chi connectivity index (χ3n) is 6.91. The number of carbonyl (C=O) groups excluding carboxylic acids is 1. The van der Waals surface area contributed by atoms with Crippen molar-refractivity contribution in [2.75, 3.05) is 6.54 Å². The Morgan fingerprint density at radius 1 is 1.17 bits per heavy atom. The van der Waals surface area contributed by atoms with Gasteiger partial charge in [-0.1, -0.05) is 63.0 Å². The smallest absolute Gasteiger partial charge is 0.227 e. The minimum atomic E-state index is 0.245. The second kappa shape index (κ2) is 8.68. The third-order valence-corrected chi connectivity index (χ3v) is 6.91. The van der Waals surface area contributed by atoms with Gasteiger partial charge in [0.2, 0.25) is 17.6 Å². The number of aromatic nitrogens is 2. The van der Waals surface area contributed by atoms with Crippen molar-refractivity contribution in [3.8, 4) is 11.4 Å². The van der Waals surface area contributed by atoms with Crippen molar-refractivity contribution in [3.05, 3.63) is 35.7 Å². The maximum atomic E-state index is 12.9. The Kier molecular flexibility index (Phi) is 6.02. The van der Waals surface area contributed by atoms with E-state index in [1.807, 2.05) is 12.1 Å². The van der Waals surface area contributed by atoms with E-state index >= 15 is 0 Å². The van der Waals surface area contributed by atoms with Crippen LogP contribution in [0, 0.1) is 11.8 Å². The van der Waals surface area contributed by atoms with Gasteiger partial charge < -0.3 is 9.42 Å². The number of likely N-dealkylation sites (tertiary alicyclic amines) is 1. The van der Waals surface area contributed by atoms with Crippen molar-refractivity contribution in [1.29, 1.82) is 0 Å². The highest BCUT2D eigenvalue weighted by molar-refractivity contribution is 5.77. The summed E-state index contributed by atoms with van der Waals surface area (Å²) in [5, 5.41) is 4.12. The van der Waals surface area contributed by atoms with Crippen LogP contribution >= 0.6 is 0 Å². The Bertz CT molecular complexity index is 827. The van der Waals surface area contributed by atoms with Crippen molar-refractivity contribution < 1.29 is 9.32 Å². The molecule has 3 atom stereocenters. The number of benzene rings is 1. The van der Waals surface area contributed by atoms with Crippen LogP contribution in [-0.2, 0) is 11.2 Å². The van der Waals surface area contributed by atoms with Gasteiger partial charge in [0.15, 0.2) is 0 Å². The summed E-state index contributed by atoms with van der Waals surface area (Å²) in [5.41, 5.74) is 2.24. The van der Waals surface area contributed by atoms with E-state index in [1.54, 1.807) is 0 Å². The summed E-state index contributed by atoms with van der Waals surface area (Å²) >= 11 is 0. The molecular formula is C24H33N3O2. The fraction of sp³-hybridized carbons (Fsp3) is 0.625. The number of hydrogen-bond acceptors (Lipinski definition) is 4. The van der Waals surface area contributed by atoms with Crippen molar-refractivity contribution in [2.24, 2.45) is 11.8 Å². The lowest BCUT2D eigenvalue weighted by Crippen LogP contribution is -2.52. The zero-order chi connectivity index (χ0) is 20.4. The van der Waals surface area contributed by atoms with Crippen LogP contribution in [0.4, 0.5) is 0 Å². The first-order chi connectivity index (χ1) is 14.0. The van der Waals surface area contributed by atoms with E-state index < -0.39 is 0 Å². The first-order valence-corrected chi connectivity index (χ1v) is 11.3. The molecule has 29 heavy (non-hydrogen) atoms. The minimum Gasteiger partial charge on any atom is -0.339 e. The molecule has 156 valence electrons. The molecule has 2 aromatic rings. The Balaban J connectivity index is 1.36. The van der Waals surface area contributed by atoms with Crippen molar-refractivity contribution >= 4 is 5.91 Å². The number of piperidine rings is 1. The highest BCUT2D eigenvalue weighted by atomic mass is 16.5. The highest BCUT2D eigenvalue weighted by Crippen LogP contribution is 2.39. The Labute approximate surface area is 173 Å². The van der Waals surface area contributed by atoms with Crippen LogP contribution in [0.15, 0.2) is 28.8 Å². The lowest BCUT2D eigenvalue weighted by molar-refractivity contribution is -0.139. The van der Waals surface area contributed by atoms with Gasteiger partial charge >= 0.3 is 0 Å². The van der Waals surface area contributed by atoms with Crippen molar-refractivity contribution in [1.82, 2.24) is 15.0 Å². The van der Waals surface area contributed by atoms with Gasteiger partial charge in [-0.2, -0.15) is 4.98 Å². The first-order valence-electron chi connectivity index (χ1n) is 11.3. The summed E-state index contributed by atoms with van der Waals surface area (Å²) in [5.74, 6) is 3.32. The number of nitrogens with zero attached hydrogens (tertiary/aromatic N) is 3. The molecule has 0 N–H and O–H groups in total. The predicted octanol–water partition coefficient (Wildman–Crippen LogP) is 5.22. The molecule has 1 aliphatic carbocycles. The second-order valence-corrected chi connectivity index (χ2v) is 9.16. The molecule has 1 saturated carbocycles. The molecule has 1 aliphatic heterocycles. The summed E-state index contributed by atoms with van der Waals surface area (Å²) in [6.07, 6.45) is 7.10. The molecule has 0 spiro atoms. The van der Waals surface area contributed by atoms with Gasteiger partial charge in [0.05, 0.1) is 0 Å². The van der Waals surface area contributed by atoms with Crippen LogP contribution in [0.3, 0.4) is 0 Å². The van der Waals surface area contributed by atoms with E-state index in [0.29, 0.717) is 42.4 Å². The van der Waals surface area contributed by atoms with Crippen LogP contribution < -0.4 is 0 Å². The number of rotatable bonds is 5. The molecule has 3 unspecified atom stereocenters. The van der Waals surface area contributed by atoms with E-state index in [0.717, 1.165) is 30.9 Å². The molecule has 5 nitrogen and oxygen atoms in total. The summed E-state index contributed by atoms with van der Waals surface area (Å²) < 4.78 is 5.43. The molecule has 5 heteroatoms. The zero-order valence-electron chi connectivity index (χ0n) is 17.9. The van der Waals surface area contributed by atoms with E-state index in [-0.39, 0.29) is 5.91 Å². The average Bonchev–Trinajstić information content (AvgIpc) is 3.22. The van der Waals surface area contributed by atoms with Gasteiger partial charge in [-0.3, -0.25) is 4.79 Å². The van der Waals surface area contributed by atoms with Gasteiger partial charge in [0.25, 0.3) is 0 Å². The Morgan fingerprint density at radius 2 is 1.93 bits per heavy atom. The maximum Gasteiger partial charge on any atom is 0.227 e. The minimum absolute atomic E-state index is 0.245. The summed E-state index contributed by atoms with van der Waals surface area (Å²) in [7, 11) is 0. The lowest BCUT2D eigenvalue weighted by Gasteiger charge is -2.47. The SMILES string of the molecule is CC(C)c1ccc(-c2noc(CCC(=O)N3CCC(C)C4CCCCC43)n2)cc1. The predicted molar refractivity (Wildman–Crippen MR) is 113 cm³/mol. The number of aryl methyl sites for hydroxylation is 1. The van der Waals surface area contributed by atoms with E-state index in [9.17, 15) is 4.79 Å². The first kappa shape index (κ1) is 20.1. The summed E-state index contributed by atoms with van der Waals surface area (Å²) in [4.78, 5) is 19.6. The van der Waals surface area contributed by atoms with Crippen molar-refractivity contribution in [3.63, 3.8) is 0 Å². The van der Waals surface area contributed by atoms with Crippen molar-refractivity contribution in [2.45, 2.75) is 77.7 Å². The normalized spacial score (nSPS) is 24.6. The Morgan fingerprint density at radius 3 is 2.69 bits per heavy atom. The second-order valence-electron chi connectivity index (χ2n) is 9.16. The van der Waals surface area contributed by atoms with Gasteiger partial charge in [-0.15, -0.1) is 0 Å². The van der Waals surface area contributed by atoms with E-state index in [2.05, 4.69) is 47.9 Å². The van der Waals surface area contributed by atoms with Crippen LogP contribution in [0.2, 0.25) is 0 Å². The molecular weight excluding hydrogens is 362 g/mol. The molecule has 1 aromatic carbocycles. The molecule has 2 heterocycles. The number of amides is 1. The average molecular weight is 396 g/mol. The Hall–Kier alpha value is -2.17. The molecule has 4 rings (SSSR count). The molecule has 2 fully saturated rings. The van der Waals surface area contributed by atoms with Gasteiger partial charge in [-0.25, -0.2) is 0 Å². The number of hydrogen-bond donors (Lipinski definition) is 0. The largest absolute Gasteiger partial charge is 0.339 e. The standard InChI is InChI=1S/C24H33N3O2/c1-16(2)18-8-10-19(11-9-18)24-25-22(29-26-24)12-13-23(28)27-15-14-17(3)20-6-4-5-7-21(20)27/h8-11,16-17,20-21H,4-7,12-15H2,1-3H3. The lowest BCUT2D eigenvalue weighted by atomic mass is 9.72. The topological polar surface area (TPSA) is 59.2 Å². The highest BCUT2D eigenvalue weighted by Gasteiger charge is 2.39. The molecule has 1 saturated heterocycles. The van der Waals surface area contributed by atoms with Gasteiger partial charge in [0, 0.05) is 31.0 Å². The van der Waals surface area contributed by atoms with Crippen LogP contribution in [0.25, 0.3) is 11.4 Å². The van der Waals surface area contributed by atoms with Gasteiger partial charge in [-0.05, 0) is 42.6 Å². The van der Waals surface area contributed by atoms with E-state index in [1.165, 1.54) is 24.8 Å². The molecule has 1 aromatic heterocycles. The molecule has 0 bridgehead atoms. The van der Waals surface area contributed by atoms with Gasteiger partial charge in [0.1, 0.15) is 0 Å². The van der Waals surface area contributed by atoms with Crippen LogP contribution in [-0.4, -0.2) is 33.5 Å². The third kappa shape index (κ3) is 4.39. The quantitative estimate of drug-likeness (QED) is 0.696. The monoisotopic (exact) mass is 395 g/mol. The summed E-state index contributed by atoms with van der Waals surface area (Å²) in [6.45, 7) is 7.62. The number of carbonyl (C=O) groups is 1. The molecule has 0 radical (unpaired) electrons.